The van der Waals surface area contributed by atoms with Gasteiger partial charge < -0.3 is 15.0 Å². The maximum Gasteiger partial charge on any atom is 0.257 e. The van der Waals surface area contributed by atoms with Crippen molar-refractivity contribution in [2.75, 3.05) is 20.2 Å². The van der Waals surface area contributed by atoms with Crippen LogP contribution in [0.5, 0.6) is 5.75 Å². The fraction of sp³-hybridized carbons (Fsp3) is 0.409. The molecule has 1 aromatic heterocycles. The van der Waals surface area contributed by atoms with E-state index in [9.17, 15) is 9.59 Å². The van der Waals surface area contributed by atoms with Crippen molar-refractivity contribution < 1.29 is 14.3 Å². The van der Waals surface area contributed by atoms with Gasteiger partial charge in [0.2, 0.25) is 0 Å². The summed E-state index contributed by atoms with van der Waals surface area (Å²) >= 11 is 6.10. The predicted octanol–water partition coefficient (Wildman–Crippen LogP) is 3.90. The molecule has 3 rings (SSSR count). The van der Waals surface area contributed by atoms with Crippen LogP contribution in [0.3, 0.4) is 0 Å². The summed E-state index contributed by atoms with van der Waals surface area (Å²) in [7, 11) is 1.53. The predicted molar refractivity (Wildman–Crippen MR) is 113 cm³/mol. The lowest BCUT2D eigenvalue weighted by Gasteiger charge is -2.33. The van der Waals surface area contributed by atoms with Gasteiger partial charge in [-0.05, 0) is 57.0 Å². The van der Waals surface area contributed by atoms with Gasteiger partial charge in [0.25, 0.3) is 11.8 Å². The first-order chi connectivity index (χ1) is 13.9. The summed E-state index contributed by atoms with van der Waals surface area (Å²) < 4.78 is 5.34. The third kappa shape index (κ3) is 4.88. The van der Waals surface area contributed by atoms with Gasteiger partial charge in [-0.1, -0.05) is 11.6 Å². The van der Waals surface area contributed by atoms with Crippen molar-refractivity contribution >= 4 is 23.4 Å². The van der Waals surface area contributed by atoms with Crippen LogP contribution in [-0.2, 0) is 0 Å². The Morgan fingerprint density at radius 3 is 2.79 bits per heavy atom. The molecule has 0 bridgehead atoms. The molecule has 1 saturated heterocycles. The molecule has 2 aromatic rings. The number of likely N-dealkylation sites (tertiary alicyclic amines) is 1. The zero-order valence-corrected chi connectivity index (χ0v) is 17.7. The number of piperidine rings is 1. The van der Waals surface area contributed by atoms with Crippen LogP contribution in [0, 0.1) is 0 Å². The van der Waals surface area contributed by atoms with Crippen molar-refractivity contribution in [2.45, 2.75) is 38.6 Å². The number of aromatic nitrogens is 1. The lowest BCUT2D eigenvalue weighted by molar-refractivity contribution is 0.0702. The minimum Gasteiger partial charge on any atom is -0.496 e. The smallest absolute Gasteiger partial charge is 0.257 e. The first-order valence-electron chi connectivity index (χ1n) is 9.79. The van der Waals surface area contributed by atoms with Crippen molar-refractivity contribution in [2.24, 2.45) is 0 Å². The maximum atomic E-state index is 13.2. The molecule has 2 amide bonds. The molecule has 1 N–H and O–H groups in total. The van der Waals surface area contributed by atoms with Crippen molar-refractivity contribution in [3.63, 3.8) is 0 Å². The SMILES string of the molecule is COc1ccc(Cl)cc1C(=O)N1CCCC(c2ncccc2C(=O)NC(C)C)C1. The van der Waals surface area contributed by atoms with E-state index in [4.69, 9.17) is 16.3 Å². The first kappa shape index (κ1) is 21.1. The molecule has 154 valence electrons. The number of nitrogens with one attached hydrogen (secondary N) is 1. The molecule has 0 radical (unpaired) electrons. The van der Waals surface area contributed by atoms with E-state index < -0.39 is 0 Å². The average molecular weight is 416 g/mol. The van der Waals surface area contributed by atoms with Crippen molar-refractivity contribution in [3.8, 4) is 5.75 Å². The molecule has 1 aliphatic heterocycles. The minimum atomic E-state index is -0.136. The summed E-state index contributed by atoms with van der Waals surface area (Å²) in [4.78, 5) is 32.1. The van der Waals surface area contributed by atoms with Crippen LogP contribution in [-0.4, -0.2) is 47.9 Å². The fourth-order valence-corrected chi connectivity index (χ4v) is 3.85. The number of carbonyl (C=O) groups excluding carboxylic acids is 2. The van der Waals surface area contributed by atoms with Crippen LogP contribution >= 0.6 is 11.6 Å². The van der Waals surface area contributed by atoms with Crippen molar-refractivity contribution in [3.05, 3.63) is 58.4 Å². The highest BCUT2D eigenvalue weighted by molar-refractivity contribution is 6.31. The molecule has 2 heterocycles. The van der Waals surface area contributed by atoms with Crippen LogP contribution in [0.15, 0.2) is 36.5 Å². The van der Waals surface area contributed by atoms with Gasteiger partial charge in [0.15, 0.2) is 0 Å². The van der Waals surface area contributed by atoms with E-state index in [0.29, 0.717) is 35.0 Å². The molecule has 1 aromatic carbocycles. The van der Waals surface area contributed by atoms with Gasteiger partial charge in [0.1, 0.15) is 5.75 Å². The summed E-state index contributed by atoms with van der Waals surface area (Å²) in [6.45, 7) is 4.99. The largest absolute Gasteiger partial charge is 0.496 e. The molecule has 1 aliphatic rings. The van der Waals surface area contributed by atoms with E-state index >= 15 is 0 Å². The van der Waals surface area contributed by atoms with E-state index in [1.807, 2.05) is 13.8 Å². The Morgan fingerprint density at radius 1 is 1.28 bits per heavy atom. The Bertz CT molecular complexity index is 901. The molecule has 1 fully saturated rings. The van der Waals surface area contributed by atoms with Gasteiger partial charge in [-0.25, -0.2) is 0 Å². The Labute approximate surface area is 176 Å². The lowest BCUT2D eigenvalue weighted by Crippen LogP contribution is -2.40. The normalized spacial score (nSPS) is 16.6. The molecule has 29 heavy (non-hydrogen) atoms. The Kier molecular flexibility index (Phi) is 6.75. The topological polar surface area (TPSA) is 71.5 Å². The molecule has 6 nitrogen and oxygen atoms in total. The number of amides is 2. The summed E-state index contributed by atoms with van der Waals surface area (Å²) in [5.74, 6) is 0.226. The highest BCUT2D eigenvalue weighted by Gasteiger charge is 2.30. The van der Waals surface area contributed by atoms with E-state index in [0.717, 1.165) is 18.5 Å². The van der Waals surface area contributed by atoms with Crippen LogP contribution < -0.4 is 10.1 Å². The third-order valence-corrected chi connectivity index (χ3v) is 5.23. The van der Waals surface area contributed by atoms with E-state index in [1.54, 1.807) is 41.4 Å². The van der Waals surface area contributed by atoms with Gasteiger partial charge in [-0.3, -0.25) is 14.6 Å². The van der Waals surface area contributed by atoms with Gasteiger partial charge in [-0.2, -0.15) is 0 Å². The first-order valence-corrected chi connectivity index (χ1v) is 10.2. The molecule has 0 aliphatic carbocycles. The number of ether oxygens (including phenoxy) is 1. The number of halogens is 1. The number of nitrogens with zero attached hydrogens (tertiary/aromatic N) is 2. The maximum absolute atomic E-state index is 13.2. The van der Waals surface area contributed by atoms with Gasteiger partial charge in [0, 0.05) is 36.3 Å². The van der Waals surface area contributed by atoms with E-state index in [2.05, 4.69) is 10.3 Å². The molecular formula is C22H26ClN3O3. The third-order valence-electron chi connectivity index (χ3n) is 4.99. The standard InChI is InChI=1S/C22H26ClN3O3/c1-14(2)25-21(27)17-7-4-10-24-20(17)15-6-5-11-26(13-15)22(28)18-12-16(23)8-9-19(18)29-3/h4,7-10,12,14-15H,5-6,11,13H2,1-3H3,(H,25,27). The average Bonchev–Trinajstić information content (AvgIpc) is 2.72. The Morgan fingerprint density at radius 2 is 2.07 bits per heavy atom. The fourth-order valence-electron chi connectivity index (χ4n) is 3.68. The van der Waals surface area contributed by atoms with Crippen LogP contribution in [0.2, 0.25) is 5.02 Å². The molecular weight excluding hydrogens is 390 g/mol. The van der Waals surface area contributed by atoms with Gasteiger partial charge in [-0.15, -0.1) is 0 Å². The van der Waals surface area contributed by atoms with Crippen LogP contribution in [0.1, 0.15) is 59.0 Å². The number of rotatable bonds is 5. The summed E-state index contributed by atoms with van der Waals surface area (Å²) in [6.07, 6.45) is 3.40. The molecule has 0 spiro atoms. The number of pyridine rings is 1. The highest BCUT2D eigenvalue weighted by Crippen LogP contribution is 2.31. The number of carbonyl (C=O) groups is 2. The Hall–Kier alpha value is -2.60. The second kappa shape index (κ2) is 9.27. The monoisotopic (exact) mass is 415 g/mol. The molecule has 1 atom stereocenters. The minimum absolute atomic E-state index is 0.00742. The molecule has 7 heteroatoms. The van der Waals surface area contributed by atoms with Gasteiger partial charge >= 0.3 is 0 Å². The number of benzene rings is 1. The van der Waals surface area contributed by atoms with Gasteiger partial charge in [0.05, 0.1) is 23.9 Å². The van der Waals surface area contributed by atoms with Crippen LogP contribution in [0.4, 0.5) is 0 Å². The zero-order valence-electron chi connectivity index (χ0n) is 16.9. The second-order valence-corrected chi connectivity index (χ2v) is 7.94. The van der Waals surface area contributed by atoms with E-state index in [-0.39, 0.29) is 23.8 Å². The second-order valence-electron chi connectivity index (χ2n) is 7.50. The number of hydrogen-bond donors (Lipinski definition) is 1. The molecule has 1 unspecified atom stereocenters. The van der Waals surface area contributed by atoms with Crippen LogP contribution in [0.25, 0.3) is 0 Å². The van der Waals surface area contributed by atoms with E-state index in [1.165, 1.54) is 7.11 Å². The summed E-state index contributed by atoms with van der Waals surface area (Å²) in [5, 5.41) is 3.42. The number of methoxy groups -OCH3 is 1. The number of hydrogen-bond acceptors (Lipinski definition) is 4. The van der Waals surface area contributed by atoms with Crippen molar-refractivity contribution in [1.82, 2.24) is 15.2 Å². The summed E-state index contributed by atoms with van der Waals surface area (Å²) in [5.41, 5.74) is 1.75. The Balaban J connectivity index is 1.84. The molecule has 0 saturated carbocycles. The quantitative estimate of drug-likeness (QED) is 0.803. The lowest BCUT2D eigenvalue weighted by atomic mass is 9.90. The van der Waals surface area contributed by atoms with Crippen molar-refractivity contribution in [1.29, 1.82) is 0 Å². The summed E-state index contributed by atoms with van der Waals surface area (Å²) in [6, 6.07) is 8.63. The highest BCUT2D eigenvalue weighted by atomic mass is 35.5. The zero-order chi connectivity index (χ0) is 21.0.